The van der Waals surface area contributed by atoms with Gasteiger partial charge in [0.25, 0.3) is 5.85 Å². The van der Waals surface area contributed by atoms with Crippen LogP contribution in [0.4, 0.5) is 0 Å². The maximum Gasteiger partial charge on any atom is 0.357 e. The first-order chi connectivity index (χ1) is 7.38. The second-order valence-corrected chi connectivity index (χ2v) is 4.68. The van der Waals surface area contributed by atoms with Gasteiger partial charge in [0, 0.05) is 6.92 Å². The van der Waals surface area contributed by atoms with Crippen LogP contribution in [0.25, 0.3) is 0 Å². The number of hydrogen-bond donors (Lipinski definition) is 0. The fourth-order valence-corrected chi connectivity index (χ4v) is 1.83. The minimum Gasteiger partial charge on any atom is -0.460 e. The number of ether oxygens (including phenoxy) is 2. The maximum absolute atomic E-state index is 11.5. The summed E-state index contributed by atoms with van der Waals surface area (Å²) in [5.41, 5.74) is 0. The lowest BCUT2D eigenvalue weighted by molar-refractivity contribution is -0.163. The van der Waals surface area contributed by atoms with E-state index in [1.54, 1.807) is 20.8 Å². The lowest BCUT2D eigenvalue weighted by Crippen LogP contribution is -2.28. The predicted octanol–water partition coefficient (Wildman–Crippen LogP) is 1.34. The molecular weight excluding hydrogens is 235 g/mol. The molecule has 0 saturated heterocycles. The van der Waals surface area contributed by atoms with E-state index in [4.69, 9.17) is 9.26 Å². The smallest absolute Gasteiger partial charge is 0.357 e. The zero-order valence-electron chi connectivity index (χ0n) is 9.81. The highest BCUT2D eigenvalue weighted by Crippen LogP contribution is 2.31. The molecule has 0 aliphatic heterocycles. The molecule has 0 aliphatic carbocycles. The van der Waals surface area contributed by atoms with Crippen LogP contribution in [0.2, 0.25) is 0 Å². The van der Waals surface area contributed by atoms with Crippen LogP contribution in [0.15, 0.2) is 0 Å². The molecule has 0 aromatic carbocycles. The maximum atomic E-state index is 11.5. The molecule has 0 aromatic heterocycles. The molecule has 0 heterocycles. The number of hydrogen-bond acceptors (Lipinski definition) is 6. The van der Waals surface area contributed by atoms with Crippen LogP contribution in [0, 0.1) is 0 Å². The minimum atomic E-state index is -2.79. The van der Waals surface area contributed by atoms with Gasteiger partial charge in [-0.15, -0.1) is 0 Å². The van der Waals surface area contributed by atoms with Gasteiger partial charge >= 0.3 is 11.9 Å². The van der Waals surface area contributed by atoms with Crippen molar-refractivity contribution in [1.82, 2.24) is 0 Å². The van der Waals surface area contributed by atoms with Gasteiger partial charge in [-0.2, -0.15) is 0 Å². The fourth-order valence-electron chi connectivity index (χ4n) is 0.870. The first-order valence-electron chi connectivity index (χ1n) is 4.92. The SMILES string of the molecule is CCO[PH](=O)C(OC(C)=O)C(=O)OC(C)C. The standard InChI is InChI=1S/C9H17O6P/c1-5-13-16(12)9(15-7(4)10)8(11)14-6(2)3/h6,9,16H,5H2,1-4H3. The van der Waals surface area contributed by atoms with E-state index in [2.05, 4.69) is 4.74 Å². The lowest BCUT2D eigenvalue weighted by Gasteiger charge is -2.16. The number of carbonyl (C=O) groups is 2. The summed E-state index contributed by atoms with van der Waals surface area (Å²) in [6, 6.07) is 0. The summed E-state index contributed by atoms with van der Waals surface area (Å²) in [7, 11) is -2.79. The van der Waals surface area contributed by atoms with Crippen molar-refractivity contribution in [3.05, 3.63) is 0 Å². The third kappa shape index (κ3) is 5.88. The predicted molar refractivity (Wildman–Crippen MR) is 57.4 cm³/mol. The Hall–Kier alpha value is -0.870. The van der Waals surface area contributed by atoms with E-state index in [1.807, 2.05) is 0 Å². The molecule has 7 heteroatoms. The van der Waals surface area contributed by atoms with E-state index in [0.717, 1.165) is 6.92 Å². The van der Waals surface area contributed by atoms with Crippen LogP contribution in [0.1, 0.15) is 27.7 Å². The molecule has 2 unspecified atom stereocenters. The van der Waals surface area contributed by atoms with Crippen LogP contribution < -0.4 is 0 Å². The van der Waals surface area contributed by atoms with Crippen molar-refractivity contribution in [2.45, 2.75) is 39.6 Å². The molecule has 0 N–H and O–H groups in total. The van der Waals surface area contributed by atoms with E-state index in [-0.39, 0.29) is 12.7 Å². The van der Waals surface area contributed by atoms with Crippen molar-refractivity contribution in [2.24, 2.45) is 0 Å². The molecular formula is C9H17O6P. The summed E-state index contributed by atoms with van der Waals surface area (Å²) in [5, 5.41) is 0. The van der Waals surface area contributed by atoms with Crippen molar-refractivity contribution in [3.8, 4) is 0 Å². The Morgan fingerprint density at radius 2 is 1.81 bits per heavy atom. The summed E-state index contributed by atoms with van der Waals surface area (Å²) < 4.78 is 25.7. The molecule has 0 radical (unpaired) electrons. The first kappa shape index (κ1) is 15.1. The van der Waals surface area contributed by atoms with Crippen molar-refractivity contribution in [1.29, 1.82) is 0 Å². The normalized spacial score (nSPS) is 14.3. The third-order valence-corrected chi connectivity index (χ3v) is 2.71. The van der Waals surface area contributed by atoms with Crippen LogP contribution in [-0.2, 0) is 28.2 Å². The van der Waals surface area contributed by atoms with Crippen molar-refractivity contribution in [2.75, 3.05) is 6.61 Å². The van der Waals surface area contributed by atoms with Crippen LogP contribution >= 0.6 is 8.03 Å². The second-order valence-electron chi connectivity index (χ2n) is 3.23. The van der Waals surface area contributed by atoms with Gasteiger partial charge in [0.15, 0.2) is 0 Å². The number of esters is 2. The minimum absolute atomic E-state index is 0.171. The Morgan fingerprint density at radius 1 is 1.25 bits per heavy atom. The average molecular weight is 252 g/mol. The highest BCUT2D eigenvalue weighted by Gasteiger charge is 2.30. The van der Waals surface area contributed by atoms with Crippen molar-refractivity contribution < 1.29 is 28.2 Å². The molecule has 0 rings (SSSR count). The molecule has 6 nitrogen and oxygen atoms in total. The van der Waals surface area contributed by atoms with Gasteiger partial charge in [-0.25, -0.2) is 4.79 Å². The van der Waals surface area contributed by atoms with Gasteiger partial charge < -0.3 is 14.0 Å². The van der Waals surface area contributed by atoms with Gasteiger partial charge in [0.1, 0.15) is 0 Å². The van der Waals surface area contributed by atoms with E-state index < -0.39 is 25.8 Å². The second kappa shape index (κ2) is 7.41. The van der Waals surface area contributed by atoms with Gasteiger partial charge in [-0.1, -0.05) is 0 Å². The largest absolute Gasteiger partial charge is 0.460 e. The van der Waals surface area contributed by atoms with E-state index in [0.29, 0.717) is 0 Å². The molecule has 0 aliphatic rings. The van der Waals surface area contributed by atoms with E-state index in [9.17, 15) is 14.2 Å². The summed E-state index contributed by atoms with van der Waals surface area (Å²) in [6.45, 7) is 6.20. The zero-order chi connectivity index (χ0) is 12.7. The van der Waals surface area contributed by atoms with E-state index >= 15 is 0 Å². The Balaban J connectivity index is 4.58. The van der Waals surface area contributed by atoms with Gasteiger partial charge in [-0.05, 0) is 20.8 Å². The highest BCUT2D eigenvalue weighted by atomic mass is 31.1. The average Bonchev–Trinajstić information content (AvgIpc) is 2.12. The van der Waals surface area contributed by atoms with Gasteiger partial charge in [0.2, 0.25) is 8.03 Å². The molecule has 0 bridgehead atoms. The third-order valence-electron chi connectivity index (χ3n) is 1.35. The monoisotopic (exact) mass is 252 g/mol. The first-order valence-corrected chi connectivity index (χ1v) is 6.32. The Morgan fingerprint density at radius 3 is 2.19 bits per heavy atom. The summed E-state index contributed by atoms with van der Waals surface area (Å²) in [6.07, 6.45) is -0.373. The molecule has 0 amide bonds. The molecule has 0 fully saturated rings. The Bertz CT molecular complexity index is 275. The molecule has 0 aromatic rings. The lowest BCUT2D eigenvalue weighted by atomic mass is 10.5. The molecule has 0 spiro atoms. The Labute approximate surface area is 95.1 Å². The summed E-state index contributed by atoms with van der Waals surface area (Å²) in [4.78, 5) is 22.2. The Kier molecular flexibility index (Phi) is 7.01. The van der Waals surface area contributed by atoms with Crippen LogP contribution in [0.5, 0.6) is 0 Å². The van der Waals surface area contributed by atoms with Crippen LogP contribution in [-0.4, -0.2) is 30.5 Å². The zero-order valence-corrected chi connectivity index (χ0v) is 10.8. The summed E-state index contributed by atoms with van der Waals surface area (Å²) in [5.74, 6) is -3.00. The molecule has 2 atom stereocenters. The van der Waals surface area contributed by atoms with Gasteiger partial charge in [0.05, 0.1) is 12.7 Å². The van der Waals surface area contributed by atoms with Crippen molar-refractivity contribution in [3.63, 3.8) is 0 Å². The number of carbonyl (C=O) groups excluding carboxylic acids is 2. The molecule has 16 heavy (non-hydrogen) atoms. The van der Waals surface area contributed by atoms with Crippen LogP contribution in [0.3, 0.4) is 0 Å². The summed E-state index contributed by atoms with van der Waals surface area (Å²) >= 11 is 0. The van der Waals surface area contributed by atoms with E-state index in [1.165, 1.54) is 0 Å². The van der Waals surface area contributed by atoms with Crippen molar-refractivity contribution >= 4 is 20.0 Å². The number of rotatable bonds is 6. The molecule has 94 valence electrons. The van der Waals surface area contributed by atoms with Gasteiger partial charge in [-0.3, -0.25) is 9.36 Å². The molecule has 0 saturated carbocycles. The quantitative estimate of drug-likeness (QED) is 0.524. The fraction of sp³-hybridized carbons (Fsp3) is 0.778. The highest BCUT2D eigenvalue weighted by molar-refractivity contribution is 7.41. The topological polar surface area (TPSA) is 78.9 Å².